The van der Waals surface area contributed by atoms with Gasteiger partial charge in [-0.1, -0.05) is 41.9 Å². The van der Waals surface area contributed by atoms with E-state index in [2.05, 4.69) is 15.9 Å². The molecule has 0 aliphatic carbocycles. The minimum atomic E-state index is 0.0995. The van der Waals surface area contributed by atoms with Gasteiger partial charge in [0.2, 0.25) is 0 Å². The van der Waals surface area contributed by atoms with Crippen molar-refractivity contribution in [1.29, 1.82) is 0 Å². The number of ketones is 1. The van der Waals surface area contributed by atoms with Gasteiger partial charge in [-0.25, -0.2) is 0 Å². The fraction of sp³-hybridized carbons (Fsp3) is 0.462. The van der Waals surface area contributed by atoms with Crippen LogP contribution in [0.1, 0.15) is 25.8 Å². The maximum Gasteiger partial charge on any atom is 0.161 e. The van der Waals surface area contributed by atoms with E-state index in [1.807, 2.05) is 38.1 Å². The first-order chi connectivity index (χ1) is 7.63. The van der Waals surface area contributed by atoms with Crippen molar-refractivity contribution in [3.63, 3.8) is 0 Å². The number of halogens is 1. The highest BCUT2D eigenvalue weighted by Crippen LogP contribution is 2.12. The molecule has 2 nitrogen and oxygen atoms in total. The van der Waals surface area contributed by atoms with E-state index in [9.17, 15) is 4.79 Å². The Kier molecular flexibility index (Phi) is 5.71. The van der Waals surface area contributed by atoms with Gasteiger partial charge in [0.05, 0.1) is 6.61 Å². The number of hydrogen-bond acceptors (Lipinski definition) is 2. The van der Waals surface area contributed by atoms with Crippen LogP contribution in [0, 0.1) is 5.92 Å². The summed E-state index contributed by atoms with van der Waals surface area (Å²) in [6.45, 7) is 4.64. The number of ether oxygens (including phenoxy) is 1. The average molecular weight is 285 g/mol. The lowest BCUT2D eigenvalue weighted by Crippen LogP contribution is -2.16. The Labute approximate surface area is 105 Å². The van der Waals surface area contributed by atoms with Crippen molar-refractivity contribution >= 4 is 21.7 Å². The molecule has 0 heterocycles. The van der Waals surface area contributed by atoms with Gasteiger partial charge in [0.1, 0.15) is 6.61 Å². The van der Waals surface area contributed by atoms with Crippen LogP contribution in [-0.2, 0) is 16.1 Å². The third kappa shape index (κ3) is 4.45. The molecular weight excluding hydrogens is 268 g/mol. The lowest BCUT2D eigenvalue weighted by molar-refractivity contribution is -0.127. The summed E-state index contributed by atoms with van der Waals surface area (Å²) in [6, 6.07) is 7.90. The van der Waals surface area contributed by atoms with E-state index in [0.29, 0.717) is 6.61 Å². The molecular formula is C13H17BrO2. The van der Waals surface area contributed by atoms with Crippen LogP contribution in [0.5, 0.6) is 0 Å². The van der Waals surface area contributed by atoms with E-state index in [0.717, 1.165) is 16.5 Å². The third-order valence-corrected chi connectivity index (χ3v) is 3.06. The summed E-state index contributed by atoms with van der Waals surface area (Å²) in [5.41, 5.74) is 1.08. The Balaban J connectivity index is 2.33. The number of benzene rings is 1. The number of hydrogen-bond donors (Lipinski definition) is 0. The first kappa shape index (κ1) is 13.4. The molecule has 1 rings (SSSR count). The zero-order valence-corrected chi connectivity index (χ0v) is 11.3. The summed E-state index contributed by atoms with van der Waals surface area (Å²) in [4.78, 5) is 11.5. The summed E-state index contributed by atoms with van der Waals surface area (Å²) >= 11 is 3.39. The molecule has 0 saturated heterocycles. The van der Waals surface area contributed by atoms with Crippen molar-refractivity contribution in [2.75, 3.05) is 6.61 Å². The largest absolute Gasteiger partial charge is 0.369 e. The van der Waals surface area contributed by atoms with Gasteiger partial charge in [-0.15, -0.1) is 0 Å². The highest BCUT2D eigenvalue weighted by atomic mass is 79.9. The molecule has 1 atom stereocenters. The minimum absolute atomic E-state index is 0.0995. The van der Waals surface area contributed by atoms with Gasteiger partial charge < -0.3 is 4.74 Å². The van der Waals surface area contributed by atoms with Crippen LogP contribution in [0.4, 0.5) is 0 Å². The Hall–Kier alpha value is -0.670. The van der Waals surface area contributed by atoms with E-state index >= 15 is 0 Å². The second kappa shape index (κ2) is 6.81. The number of rotatable bonds is 6. The fourth-order valence-corrected chi connectivity index (χ4v) is 1.71. The first-order valence-electron chi connectivity index (χ1n) is 5.48. The Bertz CT molecular complexity index is 350. The minimum Gasteiger partial charge on any atom is -0.369 e. The maximum atomic E-state index is 11.5. The summed E-state index contributed by atoms with van der Waals surface area (Å²) in [5.74, 6) is 0.278. The fourth-order valence-electron chi connectivity index (χ4n) is 1.27. The average Bonchev–Trinajstić information content (AvgIpc) is 2.28. The van der Waals surface area contributed by atoms with Crippen molar-refractivity contribution in [2.45, 2.75) is 26.9 Å². The van der Waals surface area contributed by atoms with E-state index in [4.69, 9.17) is 4.74 Å². The van der Waals surface area contributed by atoms with Crippen LogP contribution >= 0.6 is 15.9 Å². The normalized spacial score (nSPS) is 12.4. The molecule has 0 aliphatic heterocycles. The molecule has 0 bridgehead atoms. The van der Waals surface area contributed by atoms with E-state index < -0.39 is 0 Å². The van der Waals surface area contributed by atoms with Crippen molar-refractivity contribution in [1.82, 2.24) is 0 Å². The smallest absolute Gasteiger partial charge is 0.161 e. The zero-order chi connectivity index (χ0) is 12.0. The first-order valence-corrected chi connectivity index (χ1v) is 6.27. The monoisotopic (exact) mass is 284 g/mol. The maximum absolute atomic E-state index is 11.5. The van der Waals surface area contributed by atoms with Gasteiger partial charge >= 0.3 is 0 Å². The van der Waals surface area contributed by atoms with Gasteiger partial charge in [-0.3, -0.25) is 4.79 Å². The van der Waals surface area contributed by atoms with Crippen LogP contribution in [0.3, 0.4) is 0 Å². The van der Waals surface area contributed by atoms with Gasteiger partial charge in [0.25, 0.3) is 0 Å². The Morgan fingerprint density at radius 2 is 2.25 bits per heavy atom. The predicted molar refractivity (Wildman–Crippen MR) is 68.3 cm³/mol. The molecule has 88 valence electrons. The van der Waals surface area contributed by atoms with Crippen LogP contribution in [-0.4, -0.2) is 12.4 Å². The number of carbonyl (C=O) groups excluding carboxylic acids is 1. The molecule has 1 aromatic carbocycles. The molecule has 0 aliphatic rings. The highest BCUT2D eigenvalue weighted by Gasteiger charge is 2.10. The third-order valence-electron chi connectivity index (χ3n) is 2.56. The van der Waals surface area contributed by atoms with Gasteiger partial charge in [-0.2, -0.15) is 0 Å². The van der Waals surface area contributed by atoms with Crippen molar-refractivity contribution < 1.29 is 9.53 Å². The van der Waals surface area contributed by atoms with Gasteiger partial charge in [-0.05, 0) is 24.1 Å². The van der Waals surface area contributed by atoms with Crippen LogP contribution in [0.25, 0.3) is 0 Å². The van der Waals surface area contributed by atoms with Gasteiger partial charge in [0.15, 0.2) is 5.78 Å². The van der Waals surface area contributed by atoms with Crippen molar-refractivity contribution in [3.05, 3.63) is 34.3 Å². The molecule has 0 fully saturated rings. The van der Waals surface area contributed by atoms with Crippen LogP contribution in [0.2, 0.25) is 0 Å². The molecule has 3 heteroatoms. The summed E-state index contributed by atoms with van der Waals surface area (Å²) in [6.07, 6.45) is 0.874. The van der Waals surface area contributed by atoms with Crippen molar-refractivity contribution in [3.8, 4) is 0 Å². The molecule has 0 radical (unpaired) electrons. The molecule has 0 aromatic heterocycles. The highest BCUT2D eigenvalue weighted by molar-refractivity contribution is 9.10. The molecule has 16 heavy (non-hydrogen) atoms. The molecule has 0 spiro atoms. The summed E-state index contributed by atoms with van der Waals surface area (Å²) < 4.78 is 6.42. The number of carbonyl (C=O) groups is 1. The molecule has 0 amide bonds. The Morgan fingerprint density at radius 3 is 2.88 bits per heavy atom. The predicted octanol–water partition coefficient (Wildman–Crippen LogP) is 3.58. The zero-order valence-electron chi connectivity index (χ0n) is 9.70. The molecule has 0 N–H and O–H groups in total. The second-order valence-electron chi connectivity index (χ2n) is 3.90. The molecule has 1 aromatic rings. The van der Waals surface area contributed by atoms with Crippen LogP contribution in [0.15, 0.2) is 28.7 Å². The van der Waals surface area contributed by atoms with Gasteiger partial charge in [0, 0.05) is 10.4 Å². The lowest BCUT2D eigenvalue weighted by Gasteiger charge is -2.08. The molecule has 1 unspecified atom stereocenters. The lowest BCUT2D eigenvalue weighted by atomic mass is 10.1. The SMILES string of the molecule is CCC(C)C(=O)COCc1cccc(Br)c1. The van der Waals surface area contributed by atoms with E-state index in [1.165, 1.54) is 0 Å². The standard InChI is InChI=1S/C13H17BrO2/c1-3-10(2)13(15)9-16-8-11-5-4-6-12(14)7-11/h4-7,10H,3,8-9H2,1-2H3. The van der Waals surface area contributed by atoms with Crippen LogP contribution < -0.4 is 0 Å². The summed E-state index contributed by atoms with van der Waals surface area (Å²) in [5, 5.41) is 0. The molecule has 0 saturated carbocycles. The van der Waals surface area contributed by atoms with E-state index in [1.54, 1.807) is 0 Å². The van der Waals surface area contributed by atoms with Crippen molar-refractivity contribution in [2.24, 2.45) is 5.92 Å². The Morgan fingerprint density at radius 1 is 1.50 bits per heavy atom. The summed E-state index contributed by atoms with van der Waals surface area (Å²) in [7, 11) is 0. The quantitative estimate of drug-likeness (QED) is 0.798. The topological polar surface area (TPSA) is 26.3 Å². The van der Waals surface area contributed by atoms with E-state index in [-0.39, 0.29) is 18.3 Å². The second-order valence-corrected chi connectivity index (χ2v) is 4.81. The number of Topliss-reactive ketones (excluding diaryl/α,β-unsaturated/α-hetero) is 1.